The van der Waals surface area contributed by atoms with Gasteiger partial charge in [-0.05, 0) is 0 Å². The minimum absolute atomic E-state index is 0.0234. The summed E-state index contributed by atoms with van der Waals surface area (Å²) in [7, 11) is 3.45. The van der Waals surface area contributed by atoms with Crippen LogP contribution in [0.25, 0.3) is 11.2 Å². The zero-order valence-corrected chi connectivity index (χ0v) is 10.3. The summed E-state index contributed by atoms with van der Waals surface area (Å²) in [4.78, 5) is 28.2. The van der Waals surface area contributed by atoms with E-state index < -0.39 is 0 Å². The Kier molecular flexibility index (Phi) is 3.26. The number of rotatable bonds is 4. The number of carbonyl (C=O) groups excluding carboxylic acids is 1. The second-order valence-corrected chi connectivity index (χ2v) is 3.85. The lowest BCUT2D eigenvalue weighted by Gasteiger charge is -2.18. The average molecular weight is 249 g/mol. The van der Waals surface area contributed by atoms with Gasteiger partial charge in [0.15, 0.2) is 11.5 Å². The first-order valence-electron chi connectivity index (χ1n) is 5.50. The Morgan fingerprint density at radius 2 is 2.33 bits per heavy atom. The summed E-state index contributed by atoms with van der Waals surface area (Å²) in [6.45, 7) is 0.532. The van der Waals surface area contributed by atoms with E-state index in [1.807, 2.05) is 11.9 Å². The van der Waals surface area contributed by atoms with E-state index in [1.54, 1.807) is 7.05 Å². The number of nitrogens with zero attached hydrogens (tertiary/aromatic N) is 4. The summed E-state index contributed by atoms with van der Waals surface area (Å²) in [5.74, 6) is 0.778. The molecule has 2 aromatic rings. The molecule has 0 aliphatic rings. The first-order chi connectivity index (χ1) is 8.61. The number of aromatic amines is 1. The van der Waals surface area contributed by atoms with Crippen LogP contribution in [0, 0.1) is 0 Å². The van der Waals surface area contributed by atoms with E-state index in [0.717, 1.165) is 0 Å². The lowest BCUT2D eigenvalue weighted by molar-refractivity contribution is -0.120. The van der Waals surface area contributed by atoms with Crippen molar-refractivity contribution in [1.29, 1.82) is 0 Å². The van der Waals surface area contributed by atoms with E-state index in [4.69, 9.17) is 5.73 Å². The van der Waals surface area contributed by atoms with Crippen LogP contribution in [0.5, 0.6) is 0 Å². The lowest BCUT2D eigenvalue weighted by Crippen LogP contribution is -2.27. The topological polar surface area (TPSA) is 113 Å². The van der Waals surface area contributed by atoms with Crippen molar-refractivity contribution in [1.82, 2.24) is 25.3 Å². The van der Waals surface area contributed by atoms with Crippen LogP contribution in [-0.4, -0.2) is 46.5 Å². The van der Waals surface area contributed by atoms with Gasteiger partial charge in [-0.1, -0.05) is 0 Å². The van der Waals surface area contributed by atoms with Crippen LogP contribution in [0.4, 0.5) is 11.8 Å². The summed E-state index contributed by atoms with van der Waals surface area (Å²) in [5.41, 5.74) is 6.85. The van der Waals surface area contributed by atoms with Crippen molar-refractivity contribution >= 4 is 28.8 Å². The summed E-state index contributed by atoms with van der Waals surface area (Å²) >= 11 is 0. The van der Waals surface area contributed by atoms with Gasteiger partial charge in [0.05, 0.1) is 6.33 Å². The molecular weight excluding hydrogens is 234 g/mol. The van der Waals surface area contributed by atoms with Gasteiger partial charge in [0.1, 0.15) is 5.52 Å². The van der Waals surface area contributed by atoms with Gasteiger partial charge in [-0.2, -0.15) is 9.97 Å². The van der Waals surface area contributed by atoms with Crippen LogP contribution in [0.2, 0.25) is 0 Å². The van der Waals surface area contributed by atoms with Gasteiger partial charge in [0.2, 0.25) is 11.9 Å². The largest absolute Gasteiger partial charge is 0.368 e. The number of H-pyrrole nitrogens is 1. The third-order valence-electron chi connectivity index (χ3n) is 2.60. The van der Waals surface area contributed by atoms with Crippen LogP contribution in [0.3, 0.4) is 0 Å². The highest BCUT2D eigenvalue weighted by atomic mass is 16.1. The zero-order valence-electron chi connectivity index (χ0n) is 10.3. The van der Waals surface area contributed by atoms with Crippen molar-refractivity contribution in [3.63, 3.8) is 0 Å². The summed E-state index contributed by atoms with van der Waals surface area (Å²) < 4.78 is 0. The van der Waals surface area contributed by atoms with E-state index in [1.165, 1.54) is 6.33 Å². The Bertz CT molecular complexity index is 564. The van der Waals surface area contributed by atoms with Crippen molar-refractivity contribution in [3.05, 3.63) is 6.33 Å². The van der Waals surface area contributed by atoms with E-state index in [2.05, 4.69) is 25.3 Å². The van der Waals surface area contributed by atoms with Gasteiger partial charge in [0.25, 0.3) is 0 Å². The fourth-order valence-electron chi connectivity index (χ4n) is 1.61. The normalized spacial score (nSPS) is 10.6. The van der Waals surface area contributed by atoms with Crippen molar-refractivity contribution in [2.24, 2.45) is 0 Å². The molecule has 0 aliphatic heterocycles. The standard InChI is InChI=1S/C10H15N7O/c1-12-6(18)3-4-17(2)9-7-8(14-5-13-7)15-10(11)16-9/h5H,3-4H2,1-2H3,(H,12,18)(H3,11,13,14,15,16). The molecule has 0 bridgehead atoms. The second kappa shape index (κ2) is 4.86. The zero-order chi connectivity index (χ0) is 13.1. The number of fused-ring (bicyclic) bond motifs is 1. The molecule has 4 N–H and O–H groups in total. The summed E-state index contributed by atoms with van der Waals surface area (Å²) in [5, 5.41) is 2.57. The summed E-state index contributed by atoms with van der Waals surface area (Å²) in [6, 6.07) is 0. The van der Waals surface area contributed by atoms with Crippen molar-refractivity contribution in [3.8, 4) is 0 Å². The predicted molar refractivity (Wildman–Crippen MR) is 68.0 cm³/mol. The Labute approximate surface area is 104 Å². The maximum Gasteiger partial charge on any atom is 0.224 e. The van der Waals surface area contributed by atoms with Gasteiger partial charge in [-0.3, -0.25) is 4.79 Å². The van der Waals surface area contributed by atoms with Crippen molar-refractivity contribution in [2.75, 3.05) is 31.3 Å². The number of hydrogen-bond acceptors (Lipinski definition) is 6. The van der Waals surface area contributed by atoms with Crippen molar-refractivity contribution < 1.29 is 4.79 Å². The highest BCUT2D eigenvalue weighted by molar-refractivity contribution is 5.84. The molecule has 0 spiro atoms. The SMILES string of the molecule is CNC(=O)CCN(C)c1nc(N)nc2nc[nH]c12. The molecule has 2 aromatic heterocycles. The number of nitrogens with one attached hydrogen (secondary N) is 2. The lowest BCUT2D eigenvalue weighted by atomic mass is 10.3. The maximum atomic E-state index is 11.2. The number of nitrogens with two attached hydrogens (primary N) is 1. The molecule has 96 valence electrons. The van der Waals surface area contributed by atoms with Gasteiger partial charge in [-0.25, -0.2) is 4.98 Å². The molecule has 0 atom stereocenters. The van der Waals surface area contributed by atoms with Gasteiger partial charge >= 0.3 is 0 Å². The molecule has 0 fully saturated rings. The smallest absolute Gasteiger partial charge is 0.224 e. The molecule has 2 heterocycles. The number of amides is 1. The maximum absolute atomic E-state index is 11.2. The first-order valence-corrected chi connectivity index (χ1v) is 5.50. The molecule has 0 aliphatic carbocycles. The molecular formula is C10H15N7O. The van der Waals surface area contributed by atoms with Crippen LogP contribution in [0.15, 0.2) is 6.33 Å². The van der Waals surface area contributed by atoms with E-state index in [0.29, 0.717) is 29.9 Å². The Morgan fingerprint density at radius 1 is 1.56 bits per heavy atom. The van der Waals surface area contributed by atoms with E-state index in [-0.39, 0.29) is 11.9 Å². The van der Waals surface area contributed by atoms with Crippen LogP contribution < -0.4 is 16.0 Å². The second-order valence-electron chi connectivity index (χ2n) is 3.85. The number of carbonyl (C=O) groups is 1. The Balaban J connectivity index is 2.23. The van der Waals surface area contributed by atoms with Gasteiger partial charge in [-0.15, -0.1) is 0 Å². The van der Waals surface area contributed by atoms with Crippen LogP contribution in [-0.2, 0) is 4.79 Å². The monoisotopic (exact) mass is 249 g/mol. The average Bonchev–Trinajstić information content (AvgIpc) is 2.82. The fourth-order valence-corrected chi connectivity index (χ4v) is 1.61. The number of imidazole rings is 1. The third-order valence-corrected chi connectivity index (χ3v) is 2.60. The van der Waals surface area contributed by atoms with Crippen LogP contribution >= 0.6 is 0 Å². The first kappa shape index (κ1) is 12.1. The number of anilines is 2. The minimum Gasteiger partial charge on any atom is -0.368 e. The van der Waals surface area contributed by atoms with Gasteiger partial charge < -0.3 is 20.9 Å². The molecule has 0 aromatic carbocycles. The Morgan fingerprint density at radius 3 is 3.06 bits per heavy atom. The van der Waals surface area contributed by atoms with E-state index >= 15 is 0 Å². The van der Waals surface area contributed by atoms with E-state index in [9.17, 15) is 4.79 Å². The highest BCUT2D eigenvalue weighted by Gasteiger charge is 2.13. The predicted octanol–water partition coefficient (Wildman–Crippen LogP) is -0.493. The quantitative estimate of drug-likeness (QED) is 0.673. The molecule has 0 saturated carbocycles. The molecule has 8 nitrogen and oxygen atoms in total. The minimum atomic E-state index is -0.0234. The van der Waals surface area contributed by atoms with Crippen LogP contribution in [0.1, 0.15) is 6.42 Å². The summed E-state index contributed by atoms with van der Waals surface area (Å²) in [6.07, 6.45) is 1.92. The van der Waals surface area contributed by atoms with Crippen molar-refractivity contribution in [2.45, 2.75) is 6.42 Å². The number of aromatic nitrogens is 4. The molecule has 0 radical (unpaired) electrons. The highest BCUT2D eigenvalue weighted by Crippen LogP contribution is 2.20. The third kappa shape index (κ3) is 2.31. The molecule has 1 amide bonds. The fraction of sp³-hybridized carbons (Fsp3) is 0.400. The molecule has 18 heavy (non-hydrogen) atoms. The molecule has 0 unspecified atom stereocenters. The molecule has 0 saturated heterocycles. The molecule has 2 rings (SSSR count). The number of hydrogen-bond donors (Lipinski definition) is 3. The molecule has 8 heteroatoms. The van der Waals surface area contributed by atoms with Gasteiger partial charge in [0, 0.05) is 27.1 Å². The number of nitrogen functional groups attached to an aromatic ring is 1. The Hall–Kier alpha value is -2.38.